The van der Waals surface area contributed by atoms with Crippen LogP contribution in [0, 0.1) is 0 Å². The highest BCUT2D eigenvalue weighted by atomic mass is 31.2. The van der Waals surface area contributed by atoms with E-state index in [4.69, 9.17) is 13.8 Å². The number of hydrogen-bond acceptors (Lipinski definition) is 7. The molecule has 4 unspecified atom stereocenters. The van der Waals surface area contributed by atoms with Crippen molar-refractivity contribution in [1.29, 1.82) is 0 Å². The monoisotopic (exact) mass is 461 g/mol. The number of aromatic amines is 1. The Balaban J connectivity index is 1.43. The van der Waals surface area contributed by atoms with Gasteiger partial charge in [0.05, 0.1) is 13.2 Å². The molecule has 1 aliphatic heterocycles. The summed E-state index contributed by atoms with van der Waals surface area (Å²) < 4.78 is 33.1. The van der Waals surface area contributed by atoms with Gasteiger partial charge in [-0.25, -0.2) is 14.3 Å². The van der Waals surface area contributed by atoms with E-state index in [0.29, 0.717) is 12.0 Å². The number of halogens is 1. The predicted octanol–water partition coefficient (Wildman–Crippen LogP) is 2.43. The van der Waals surface area contributed by atoms with E-state index in [1.807, 2.05) is 36.4 Å². The lowest BCUT2D eigenvalue weighted by Gasteiger charge is -2.21. The predicted molar refractivity (Wildman–Crippen MR) is 116 cm³/mol. The highest BCUT2D eigenvalue weighted by Crippen LogP contribution is 2.40. The molecule has 168 valence electrons. The van der Waals surface area contributed by atoms with E-state index in [1.54, 1.807) is 6.07 Å². The molecule has 32 heavy (non-hydrogen) atoms. The van der Waals surface area contributed by atoms with Crippen molar-refractivity contribution in [2.45, 2.75) is 24.9 Å². The molecule has 11 heteroatoms. The normalized spacial score (nSPS) is 21.5. The molecular formula is C21H21FN3O6P. The standard InChI is InChI=1S/C21H21FN3O6P/c22-16-12-20(25-10-8-19(27)24-21(25)28)30-18(16)13-29-32(23-9-11-26)31-17-7-3-5-14-4-1-2-6-15(14)17/h1-8,10-11,16,18,20,23H,9,12-13H2,(H,24,27,28). The van der Waals surface area contributed by atoms with Gasteiger partial charge in [-0.1, -0.05) is 36.4 Å². The summed E-state index contributed by atoms with van der Waals surface area (Å²) in [6.45, 7) is -0.158. The first-order chi connectivity index (χ1) is 15.5. The average molecular weight is 461 g/mol. The third-order valence-corrected chi connectivity index (χ3v) is 6.10. The lowest BCUT2D eigenvalue weighted by Crippen LogP contribution is -2.31. The second-order valence-electron chi connectivity index (χ2n) is 7.05. The van der Waals surface area contributed by atoms with Crippen LogP contribution in [0.1, 0.15) is 12.6 Å². The van der Waals surface area contributed by atoms with Gasteiger partial charge < -0.3 is 18.6 Å². The Morgan fingerprint density at radius 3 is 2.84 bits per heavy atom. The third-order valence-electron chi connectivity index (χ3n) is 4.91. The maximum atomic E-state index is 14.6. The Bertz CT molecular complexity index is 1200. The zero-order valence-electron chi connectivity index (χ0n) is 16.8. The number of aldehydes is 1. The number of hydrogen-bond donors (Lipinski definition) is 2. The summed E-state index contributed by atoms with van der Waals surface area (Å²) >= 11 is 0. The van der Waals surface area contributed by atoms with Crippen LogP contribution in [-0.2, 0) is 14.1 Å². The van der Waals surface area contributed by atoms with Crippen molar-refractivity contribution in [3.8, 4) is 5.75 Å². The summed E-state index contributed by atoms with van der Waals surface area (Å²) in [5, 5.41) is 4.71. The molecule has 9 nitrogen and oxygen atoms in total. The zero-order valence-corrected chi connectivity index (χ0v) is 17.7. The number of carbonyl (C=O) groups excluding carboxylic acids is 1. The molecule has 1 saturated heterocycles. The van der Waals surface area contributed by atoms with Crippen LogP contribution in [0.15, 0.2) is 64.3 Å². The molecular weight excluding hydrogens is 440 g/mol. The Kier molecular flexibility index (Phi) is 7.06. The second kappa shape index (κ2) is 10.1. The van der Waals surface area contributed by atoms with Gasteiger partial charge in [0.15, 0.2) is 0 Å². The van der Waals surface area contributed by atoms with E-state index in [9.17, 15) is 18.8 Å². The number of benzene rings is 2. The molecule has 4 rings (SSSR count). The zero-order chi connectivity index (χ0) is 22.5. The lowest BCUT2D eigenvalue weighted by molar-refractivity contribution is -0.106. The largest absolute Gasteiger partial charge is 0.435 e. The number of H-pyrrole nitrogens is 1. The molecule has 3 aromatic rings. The highest BCUT2D eigenvalue weighted by Gasteiger charge is 2.37. The fraction of sp³-hybridized carbons (Fsp3) is 0.286. The Labute approximate surface area is 183 Å². The second-order valence-corrected chi connectivity index (χ2v) is 8.32. The number of rotatable bonds is 9. The van der Waals surface area contributed by atoms with Crippen LogP contribution in [0.2, 0.25) is 0 Å². The van der Waals surface area contributed by atoms with Gasteiger partial charge in [-0.2, -0.15) is 0 Å². The van der Waals surface area contributed by atoms with E-state index in [-0.39, 0.29) is 19.6 Å². The van der Waals surface area contributed by atoms with Crippen molar-refractivity contribution in [1.82, 2.24) is 14.6 Å². The molecule has 0 aliphatic carbocycles. The lowest BCUT2D eigenvalue weighted by atomic mass is 10.1. The fourth-order valence-corrected chi connectivity index (χ4v) is 4.44. The van der Waals surface area contributed by atoms with Crippen molar-refractivity contribution < 1.29 is 23.0 Å². The number of nitrogens with zero attached hydrogens (tertiary/aromatic N) is 1. The molecule has 1 aliphatic rings. The number of fused-ring (bicyclic) bond motifs is 1. The highest BCUT2D eigenvalue weighted by molar-refractivity contribution is 7.45. The van der Waals surface area contributed by atoms with E-state index in [1.165, 1.54) is 12.3 Å². The fourth-order valence-electron chi connectivity index (χ4n) is 3.39. The summed E-state index contributed by atoms with van der Waals surface area (Å²) in [6.07, 6.45) is -1.32. The van der Waals surface area contributed by atoms with Crippen LogP contribution in [0.5, 0.6) is 5.75 Å². The summed E-state index contributed by atoms with van der Waals surface area (Å²) in [5.41, 5.74) is -1.22. The number of aromatic nitrogens is 2. The minimum Gasteiger partial charge on any atom is -0.435 e. The van der Waals surface area contributed by atoms with Crippen LogP contribution < -0.4 is 20.9 Å². The molecule has 2 N–H and O–H groups in total. The molecule has 4 atom stereocenters. The minimum absolute atomic E-state index is 0.00353. The molecule has 0 bridgehead atoms. The number of nitrogens with one attached hydrogen (secondary N) is 2. The smallest absolute Gasteiger partial charge is 0.330 e. The van der Waals surface area contributed by atoms with E-state index in [0.717, 1.165) is 15.3 Å². The van der Waals surface area contributed by atoms with Crippen molar-refractivity contribution in [3.63, 3.8) is 0 Å². The third kappa shape index (κ3) is 5.11. The summed E-state index contributed by atoms with van der Waals surface area (Å²) in [4.78, 5) is 36.1. The van der Waals surface area contributed by atoms with Gasteiger partial charge in [-0.05, 0) is 11.5 Å². The minimum atomic E-state index is -1.77. The van der Waals surface area contributed by atoms with Crippen LogP contribution in [0.4, 0.5) is 4.39 Å². The van der Waals surface area contributed by atoms with Gasteiger partial charge in [0.1, 0.15) is 30.5 Å². The van der Waals surface area contributed by atoms with E-state index in [2.05, 4.69) is 10.1 Å². The first kappa shape index (κ1) is 22.3. The van der Waals surface area contributed by atoms with Crippen LogP contribution in [-0.4, -0.2) is 41.3 Å². The van der Waals surface area contributed by atoms with Crippen LogP contribution in [0.25, 0.3) is 10.8 Å². The first-order valence-corrected chi connectivity index (χ1v) is 11.1. The molecule has 1 aromatic heterocycles. The Morgan fingerprint density at radius 1 is 1.22 bits per heavy atom. The number of ether oxygens (including phenoxy) is 1. The van der Waals surface area contributed by atoms with Gasteiger partial charge in [0.25, 0.3) is 5.56 Å². The van der Waals surface area contributed by atoms with Crippen molar-refractivity contribution in [2.24, 2.45) is 0 Å². The van der Waals surface area contributed by atoms with Crippen LogP contribution in [0.3, 0.4) is 0 Å². The Morgan fingerprint density at radius 2 is 2.03 bits per heavy atom. The molecule has 1 fully saturated rings. The van der Waals surface area contributed by atoms with Crippen molar-refractivity contribution in [2.75, 3.05) is 13.2 Å². The molecule has 2 aromatic carbocycles. The topological polar surface area (TPSA) is 112 Å². The molecule has 0 amide bonds. The molecule has 0 radical (unpaired) electrons. The van der Waals surface area contributed by atoms with Gasteiger partial charge in [0.2, 0.25) is 0 Å². The molecule has 2 heterocycles. The van der Waals surface area contributed by atoms with Gasteiger partial charge >= 0.3 is 14.2 Å². The van der Waals surface area contributed by atoms with E-state index < -0.39 is 38.3 Å². The number of carbonyl (C=O) groups is 1. The first-order valence-electron chi connectivity index (χ1n) is 9.92. The number of alkyl halides is 1. The van der Waals surface area contributed by atoms with Crippen molar-refractivity contribution in [3.05, 3.63) is 75.6 Å². The maximum absolute atomic E-state index is 14.6. The van der Waals surface area contributed by atoms with Crippen molar-refractivity contribution >= 4 is 25.6 Å². The summed E-state index contributed by atoms with van der Waals surface area (Å²) in [6, 6.07) is 14.4. The Hall–Kier alpha value is -2.91. The average Bonchev–Trinajstić information content (AvgIpc) is 3.15. The summed E-state index contributed by atoms with van der Waals surface area (Å²) in [7, 11) is -1.77. The van der Waals surface area contributed by atoms with Gasteiger partial charge in [-0.15, -0.1) is 0 Å². The molecule has 0 spiro atoms. The van der Waals surface area contributed by atoms with Crippen LogP contribution >= 0.6 is 8.53 Å². The molecule has 0 saturated carbocycles. The maximum Gasteiger partial charge on any atom is 0.330 e. The van der Waals surface area contributed by atoms with Gasteiger partial charge in [-0.3, -0.25) is 14.3 Å². The summed E-state index contributed by atoms with van der Waals surface area (Å²) in [5.74, 6) is 0.564. The quantitative estimate of drug-likeness (QED) is 0.372. The SMILES string of the molecule is O=CCNP(OCC1OC(n2ccc(=O)[nH]c2=O)CC1F)Oc1cccc2ccccc12. The van der Waals surface area contributed by atoms with E-state index >= 15 is 0 Å². The van der Waals surface area contributed by atoms with Gasteiger partial charge in [0, 0.05) is 24.1 Å².